The number of nitrogens with two attached hydrogens (primary N) is 1. The minimum Gasteiger partial charge on any atom is -0.441 e. The number of oxazole rings is 1. The van der Waals surface area contributed by atoms with Crippen LogP contribution in [0.1, 0.15) is 23.9 Å². The Morgan fingerprint density at radius 2 is 1.74 bits per heavy atom. The van der Waals surface area contributed by atoms with E-state index in [0.29, 0.717) is 0 Å². The van der Waals surface area contributed by atoms with Crippen molar-refractivity contribution < 1.29 is 4.42 Å². The van der Waals surface area contributed by atoms with E-state index in [1.807, 2.05) is 42.5 Å². The Morgan fingerprint density at radius 1 is 1.00 bits per heavy atom. The van der Waals surface area contributed by atoms with Crippen LogP contribution in [-0.4, -0.2) is 4.98 Å². The molecule has 0 spiro atoms. The van der Waals surface area contributed by atoms with Crippen LogP contribution in [0.15, 0.2) is 59.0 Å². The van der Waals surface area contributed by atoms with Crippen molar-refractivity contribution in [2.24, 2.45) is 5.73 Å². The standard InChI is InChI=1S/C16H16N2O/c17-13(12-6-2-1-3-7-12)10-11-16-18-14-8-4-5-9-15(14)19-16/h1-9,13H,10-11,17H2. The molecule has 0 aliphatic rings. The Hall–Kier alpha value is -2.13. The van der Waals surface area contributed by atoms with Crippen LogP contribution in [0, 0.1) is 0 Å². The number of fused-ring (bicyclic) bond motifs is 1. The van der Waals surface area contributed by atoms with Gasteiger partial charge in [-0.2, -0.15) is 0 Å². The van der Waals surface area contributed by atoms with Crippen LogP contribution in [0.4, 0.5) is 0 Å². The van der Waals surface area contributed by atoms with Gasteiger partial charge in [0.05, 0.1) is 0 Å². The molecule has 0 bridgehead atoms. The Bertz CT molecular complexity index is 628. The monoisotopic (exact) mass is 252 g/mol. The summed E-state index contributed by atoms with van der Waals surface area (Å²) >= 11 is 0. The molecule has 3 heteroatoms. The molecule has 96 valence electrons. The molecule has 2 N–H and O–H groups in total. The van der Waals surface area contributed by atoms with Crippen molar-refractivity contribution in [2.45, 2.75) is 18.9 Å². The van der Waals surface area contributed by atoms with Crippen LogP contribution < -0.4 is 5.73 Å². The van der Waals surface area contributed by atoms with Gasteiger partial charge in [0.2, 0.25) is 0 Å². The lowest BCUT2D eigenvalue weighted by molar-refractivity contribution is 0.501. The lowest BCUT2D eigenvalue weighted by Gasteiger charge is -2.09. The van der Waals surface area contributed by atoms with Crippen molar-refractivity contribution in [1.29, 1.82) is 0 Å². The van der Waals surface area contributed by atoms with Gasteiger partial charge >= 0.3 is 0 Å². The predicted molar refractivity (Wildman–Crippen MR) is 75.7 cm³/mol. The molecule has 0 radical (unpaired) electrons. The van der Waals surface area contributed by atoms with Gasteiger partial charge in [0.1, 0.15) is 5.52 Å². The minimum absolute atomic E-state index is 0.0243. The van der Waals surface area contributed by atoms with Gasteiger partial charge in [0, 0.05) is 12.5 Å². The summed E-state index contributed by atoms with van der Waals surface area (Å²) in [7, 11) is 0. The average molecular weight is 252 g/mol. The second-order valence-electron chi connectivity index (χ2n) is 4.63. The highest BCUT2D eigenvalue weighted by Crippen LogP contribution is 2.19. The van der Waals surface area contributed by atoms with Crippen molar-refractivity contribution in [1.82, 2.24) is 4.98 Å². The zero-order valence-corrected chi connectivity index (χ0v) is 10.6. The van der Waals surface area contributed by atoms with Gasteiger partial charge in [-0.05, 0) is 24.1 Å². The topological polar surface area (TPSA) is 52.0 Å². The first-order valence-electron chi connectivity index (χ1n) is 6.48. The summed E-state index contributed by atoms with van der Waals surface area (Å²) in [5.41, 5.74) is 9.07. The molecular formula is C16H16N2O. The van der Waals surface area contributed by atoms with Crippen molar-refractivity contribution in [3.05, 3.63) is 66.1 Å². The summed E-state index contributed by atoms with van der Waals surface area (Å²) in [5.74, 6) is 0.757. The highest BCUT2D eigenvalue weighted by atomic mass is 16.3. The minimum atomic E-state index is 0.0243. The molecule has 0 saturated carbocycles. The number of aryl methyl sites for hydroxylation is 1. The van der Waals surface area contributed by atoms with Crippen molar-refractivity contribution in [2.75, 3.05) is 0 Å². The zero-order valence-electron chi connectivity index (χ0n) is 10.6. The number of hydrogen-bond donors (Lipinski definition) is 1. The largest absolute Gasteiger partial charge is 0.441 e. The normalized spacial score (nSPS) is 12.7. The molecule has 19 heavy (non-hydrogen) atoms. The first kappa shape index (κ1) is 11.9. The highest BCUT2D eigenvalue weighted by Gasteiger charge is 2.09. The molecular weight excluding hydrogens is 236 g/mol. The Morgan fingerprint density at radius 3 is 2.53 bits per heavy atom. The molecule has 1 atom stereocenters. The predicted octanol–water partition coefficient (Wildman–Crippen LogP) is 3.46. The van der Waals surface area contributed by atoms with Crippen LogP contribution in [0.25, 0.3) is 11.1 Å². The van der Waals surface area contributed by atoms with E-state index >= 15 is 0 Å². The molecule has 3 aromatic rings. The van der Waals surface area contributed by atoms with E-state index in [1.54, 1.807) is 0 Å². The van der Waals surface area contributed by atoms with Crippen LogP contribution >= 0.6 is 0 Å². The van der Waals surface area contributed by atoms with Gasteiger partial charge in [-0.15, -0.1) is 0 Å². The van der Waals surface area contributed by atoms with Crippen molar-refractivity contribution in [3.63, 3.8) is 0 Å². The van der Waals surface area contributed by atoms with E-state index < -0.39 is 0 Å². The SMILES string of the molecule is NC(CCc1nc2ccccc2o1)c1ccccc1. The van der Waals surface area contributed by atoms with Gasteiger partial charge in [-0.1, -0.05) is 42.5 Å². The first-order valence-corrected chi connectivity index (χ1v) is 6.48. The second-order valence-corrected chi connectivity index (χ2v) is 4.63. The third kappa shape index (κ3) is 2.66. The van der Waals surface area contributed by atoms with Crippen LogP contribution in [-0.2, 0) is 6.42 Å². The number of para-hydroxylation sites is 2. The van der Waals surface area contributed by atoms with Crippen LogP contribution in [0.3, 0.4) is 0 Å². The Kier molecular flexibility index (Phi) is 3.29. The van der Waals surface area contributed by atoms with Crippen LogP contribution in [0.2, 0.25) is 0 Å². The number of benzene rings is 2. The first-order chi connectivity index (χ1) is 9.33. The molecule has 3 rings (SSSR count). The maximum Gasteiger partial charge on any atom is 0.195 e. The van der Waals surface area contributed by atoms with E-state index in [9.17, 15) is 0 Å². The molecule has 1 aromatic heterocycles. The number of rotatable bonds is 4. The zero-order chi connectivity index (χ0) is 13.1. The fraction of sp³-hybridized carbons (Fsp3) is 0.188. The summed E-state index contributed by atoms with van der Waals surface area (Å²) in [4.78, 5) is 4.46. The molecule has 0 saturated heterocycles. The quantitative estimate of drug-likeness (QED) is 0.773. The van der Waals surface area contributed by atoms with Gasteiger partial charge in [0.25, 0.3) is 0 Å². The molecule has 0 aliphatic heterocycles. The van der Waals surface area contributed by atoms with E-state index in [2.05, 4.69) is 17.1 Å². The fourth-order valence-electron chi connectivity index (χ4n) is 2.17. The number of aromatic nitrogens is 1. The molecule has 0 aliphatic carbocycles. The van der Waals surface area contributed by atoms with Gasteiger partial charge in [-0.3, -0.25) is 0 Å². The number of nitrogens with zero attached hydrogens (tertiary/aromatic N) is 1. The summed E-state index contributed by atoms with van der Waals surface area (Å²) in [5, 5.41) is 0. The maximum atomic E-state index is 6.17. The van der Waals surface area contributed by atoms with Gasteiger partial charge in [-0.25, -0.2) is 4.98 Å². The highest BCUT2D eigenvalue weighted by molar-refractivity contribution is 5.72. The Labute approximate surface area is 112 Å². The number of hydrogen-bond acceptors (Lipinski definition) is 3. The molecule has 1 unspecified atom stereocenters. The Balaban J connectivity index is 1.69. The van der Waals surface area contributed by atoms with E-state index in [4.69, 9.17) is 10.2 Å². The lowest BCUT2D eigenvalue weighted by atomic mass is 10.0. The molecule has 2 aromatic carbocycles. The van der Waals surface area contributed by atoms with Crippen molar-refractivity contribution in [3.8, 4) is 0 Å². The lowest BCUT2D eigenvalue weighted by Crippen LogP contribution is -2.11. The summed E-state index contributed by atoms with van der Waals surface area (Å²) in [6.45, 7) is 0. The van der Waals surface area contributed by atoms with E-state index in [-0.39, 0.29) is 6.04 Å². The third-order valence-corrected chi connectivity index (χ3v) is 3.24. The van der Waals surface area contributed by atoms with E-state index in [1.165, 1.54) is 0 Å². The molecule has 3 nitrogen and oxygen atoms in total. The second kappa shape index (κ2) is 5.24. The molecule has 0 fully saturated rings. The average Bonchev–Trinajstić information content (AvgIpc) is 2.88. The smallest absolute Gasteiger partial charge is 0.195 e. The van der Waals surface area contributed by atoms with Gasteiger partial charge in [0.15, 0.2) is 11.5 Å². The van der Waals surface area contributed by atoms with E-state index in [0.717, 1.165) is 35.4 Å². The van der Waals surface area contributed by atoms with Gasteiger partial charge < -0.3 is 10.2 Å². The summed E-state index contributed by atoms with van der Waals surface area (Å²) in [6.07, 6.45) is 1.58. The van der Waals surface area contributed by atoms with Crippen molar-refractivity contribution >= 4 is 11.1 Å². The van der Waals surface area contributed by atoms with Crippen LogP contribution in [0.5, 0.6) is 0 Å². The maximum absolute atomic E-state index is 6.17. The summed E-state index contributed by atoms with van der Waals surface area (Å²) in [6, 6.07) is 17.9. The molecule has 0 amide bonds. The summed E-state index contributed by atoms with van der Waals surface area (Å²) < 4.78 is 5.69. The third-order valence-electron chi connectivity index (χ3n) is 3.24. The molecule has 1 heterocycles. The fourth-order valence-corrected chi connectivity index (χ4v) is 2.17.